The number of carbonyl (C=O) groups excluding carboxylic acids is 1. The van der Waals surface area contributed by atoms with E-state index >= 15 is 0 Å². The van der Waals surface area contributed by atoms with E-state index in [1.165, 1.54) is 18.2 Å². The Morgan fingerprint density at radius 2 is 2.05 bits per heavy atom. The molecular weight excluding hydrogens is 305 g/mol. The van der Waals surface area contributed by atoms with Gasteiger partial charge >= 0.3 is 5.97 Å². The van der Waals surface area contributed by atoms with E-state index in [4.69, 9.17) is 16.7 Å². The van der Waals surface area contributed by atoms with Gasteiger partial charge in [-0.3, -0.25) is 4.79 Å². The molecule has 0 aliphatic rings. The summed E-state index contributed by atoms with van der Waals surface area (Å²) < 4.78 is 13.0. The standard InChI is InChI=1S/C13H9ClFNO3S/c1-6-4-8(13(18)19)12(20-6)16-11(17)7-2-3-10(15)9(14)5-7/h2-5H,1H3,(H,16,17)(H,18,19). The predicted octanol–water partition coefficient (Wildman–Crippen LogP) is 3.80. The molecule has 0 bridgehead atoms. The fourth-order valence-corrected chi connectivity index (χ4v) is 2.66. The van der Waals surface area contributed by atoms with Crippen LogP contribution in [0.1, 0.15) is 25.6 Å². The topological polar surface area (TPSA) is 66.4 Å². The van der Waals surface area contributed by atoms with Gasteiger partial charge in [0.05, 0.1) is 10.6 Å². The molecule has 20 heavy (non-hydrogen) atoms. The van der Waals surface area contributed by atoms with Crippen LogP contribution in [0.3, 0.4) is 0 Å². The number of aromatic carboxylic acids is 1. The van der Waals surface area contributed by atoms with Crippen molar-refractivity contribution in [2.75, 3.05) is 5.32 Å². The molecule has 2 aromatic rings. The Morgan fingerprint density at radius 3 is 2.65 bits per heavy atom. The highest BCUT2D eigenvalue weighted by atomic mass is 35.5. The van der Waals surface area contributed by atoms with Crippen LogP contribution < -0.4 is 5.32 Å². The maximum absolute atomic E-state index is 13.0. The number of aryl methyl sites for hydroxylation is 1. The van der Waals surface area contributed by atoms with Crippen LogP contribution in [0.15, 0.2) is 24.3 Å². The maximum Gasteiger partial charge on any atom is 0.338 e. The van der Waals surface area contributed by atoms with Crippen molar-refractivity contribution in [1.82, 2.24) is 0 Å². The molecular formula is C13H9ClFNO3S. The van der Waals surface area contributed by atoms with Crippen LogP contribution in [0, 0.1) is 12.7 Å². The average Bonchev–Trinajstić information content (AvgIpc) is 2.73. The number of thiophene rings is 1. The molecule has 0 spiro atoms. The highest BCUT2D eigenvalue weighted by Crippen LogP contribution is 2.28. The van der Waals surface area contributed by atoms with Crippen LogP contribution in [0.2, 0.25) is 5.02 Å². The molecule has 0 fully saturated rings. The van der Waals surface area contributed by atoms with Gasteiger partial charge in [-0.05, 0) is 31.2 Å². The summed E-state index contributed by atoms with van der Waals surface area (Å²) in [5.41, 5.74) is 0.174. The molecule has 1 aromatic heterocycles. The molecule has 1 heterocycles. The quantitative estimate of drug-likeness (QED) is 0.905. The molecule has 4 nitrogen and oxygen atoms in total. The number of carboxylic acid groups (broad SMARTS) is 1. The van der Waals surface area contributed by atoms with Gasteiger partial charge in [-0.25, -0.2) is 9.18 Å². The van der Waals surface area contributed by atoms with E-state index in [-0.39, 0.29) is 21.2 Å². The Labute approximate surface area is 122 Å². The second-order valence-corrected chi connectivity index (χ2v) is 5.65. The number of anilines is 1. The smallest absolute Gasteiger partial charge is 0.338 e. The zero-order chi connectivity index (χ0) is 14.9. The SMILES string of the molecule is Cc1cc(C(=O)O)c(NC(=O)c2ccc(F)c(Cl)c2)s1. The van der Waals surface area contributed by atoms with Crippen molar-refractivity contribution >= 4 is 39.8 Å². The zero-order valence-electron chi connectivity index (χ0n) is 10.2. The van der Waals surface area contributed by atoms with E-state index in [1.807, 2.05) is 0 Å². The normalized spacial score (nSPS) is 10.3. The first-order valence-corrected chi connectivity index (χ1v) is 6.68. The van der Waals surface area contributed by atoms with Crippen molar-refractivity contribution in [3.63, 3.8) is 0 Å². The summed E-state index contributed by atoms with van der Waals surface area (Å²) in [4.78, 5) is 23.8. The van der Waals surface area contributed by atoms with Crippen molar-refractivity contribution in [3.8, 4) is 0 Å². The van der Waals surface area contributed by atoms with Crippen LogP contribution >= 0.6 is 22.9 Å². The number of amides is 1. The number of nitrogens with one attached hydrogen (secondary N) is 1. The van der Waals surface area contributed by atoms with Crippen molar-refractivity contribution in [1.29, 1.82) is 0 Å². The largest absolute Gasteiger partial charge is 0.478 e. The Kier molecular flexibility index (Phi) is 4.06. The summed E-state index contributed by atoms with van der Waals surface area (Å²) in [6.07, 6.45) is 0. The third kappa shape index (κ3) is 2.97. The molecule has 2 N–H and O–H groups in total. The minimum Gasteiger partial charge on any atom is -0.478 e. The number of hydrogen-bond acceptors (Lipinski definition) is 3. The maximum atomic E-state index is 13.0. The van der Waals surface area contributed by atoms with Crippen molar-refractivity contribution in [2.24, 2.45) is 0 Å². The number of halogens is 2. The van der Waals surface area contributed by atoms with E-state index in [0.717, 1.165) is 22.3 Å². The average molecular weight is 314 g/mol. The Morgan fingerprint density at radius 1 is 1.35 bits per heavy atom. The molecule has 0 unspecified atom stereocenters. The molecule has 1 amide bonds. The predicted molar refractivity (Wildman–Crippen MR) is 75.4 cm³/mol. The lowest BCUT2D eigenvalue weighted by atomic mass is 10.2. The van der Waals surface area contributed by atoms with E-state index in [2.05, 4.69) is 5.32 Å². The van der Waals surface area contributed by atoms with E-state index in [9.17, 15) is 14.0 Å². The monoisotopic (exact) mass is 313 g/mol. The van der Waals surface area contributed by atoms with Gasteiger partial charge in [-0.1, -0.05) is 11.6 Å². The minimum atomic E-state index is -1.12. The Hall–Kier alpha value is -1.92. The van der Waals surface area contributed by atoms with Gasteiger partial charge in [0.1, 0.15) is 10.8 Å². The molecule has 0 radical (unpaired) electrons. The van der Waals surface area contributed by atoms with E-state index in [1.54, 1.807) is 6.92 Å². The van der Waals surface area contributed by atoms with Gasteiger partial charge in [0.25, 0.3) is 5.91 Å². The van der Waals surface area contributed by atoms with E-state index < -0.39 is 17.7 Å². The Balaban J connectivity index is 2.27. The van der Waals surface area contributed by atoms with Crippen molar-refractivity contribution in [3.05, 3.63) is 51.1 Å². The summed E-state index contributed by atoms with van der Waals surface area (Å²) in [5.74, 6) is -2.29. The fourth-order valence-electron chi connectivity index (χ4n) is 1.58. The van der Waals surface area contributed by atoms with Crippen LogP contribution in [-0.4, -0.2) is 17.0 Å². The van der Waals surface area contributed by atoms with Gasteiger partial charge in [0.2, 0.25) is 0 Å². The number of carboxylic acids is 1. The summed E-state index contributed by atoms with van der Waals surface area (Å²) in [7, 11) is 0. The van der Waals surface area contributed by atoms with Crippen LogP contribution in [-0.2, 0) is 0 Å². The lowest BCUT2D eigenvalue weighted by Gasteiger charge is -2.05. The number of benzene rings is 1. The lowest BCUT2D eigenvalue weighted by Crippen LogP contribution is -2.13. The molecule has 0 saturated heterocycles. The number of rotatable bonds is 3. The highest BCUT2D eigenvalue weighted by molar-refractivity contribution is 7.16. The first-order valence-electron chi connectivity index (χ1n) is 5.48. The van der Waals surface area contributed by atoms with Crippen molar-refractivity contribution in [2.45, 2.75) is 6.92 Å². The zero-order valence-corrected chi connectivity index (χ0v) is 11.8. The van der Waals surface area contributed by atoms with Gasteiger partial charge in [-0.2, -0.15) is 0 Å². The second-order valence-electron chi connectivity index (χ2n) is 3.99. The fraction of sp³-hybridized carbons (Fsp3) is 0.0769. The second kappa shape index (κ2) is 5.60. The molecule has 2 rings (SSSR count). The molecule has 104 valence electrons. The molecule has 0 atom stereocenters. The molecule has 1 aromatic carbocycles. The highest BCUT2D eigenvalue weighted by Gasteiger charge is 2.17. The van der Waals surface area contributed by atoms with Gasteiger partial charge in [0, 0.05) is 10.4 Å². The first-order chi connectivity index (χ1) is 9.38. The third-order valence-corrected chi connectivity index (χ3v) is 3.75. The molecule has 0 aliphatic heterocycles. The number of carbonyl (C=O) groups is 2. The van der Waals surface area contributed by atoms with Gasteiger partial charge in [0.15, 0.2) is 0 Å². The summed E-state index contributed by atoms with van der Waals surface area (Å²) in [6.45, 7) is 1.74. The van der Waals surface area contributed by atoms with Crippen LogP contribution in [0.5, 0.6) is 0 Å². The molecule has 7 heteroatoms. The Bertz CT molecular complexity index is 699. The number of hydrogen-bond donors (Lipinski definition) is 2. The molecule has 0 saturated carbocycles. The lowest BCUT2D eigenvalue weighted by molar-refractivity contribution is 0.0698. The van der Waals surface area contributed by atoms with Gasteiger partial charge in [-0.15, -0.1) is 11.3 Å². The summed E-state index contributed by atoms with van der Waals surface area (Å²) in [6, 6.07) is 5.01. The van der Waals surface area contributed by atoms with Crippen molar-refractivity contribution < 1.29 is 19.1 Å². The third-order valence-electron chi connectivity index (χ3n) is 2.49. The first kappa shape index (κ1) is 14.5. The summed E-state index contributed by atoms with van der Waals surface area (Å²) >= 11 is 6.75. The minimum absolute atomic E-state index is 0.0223. The summed E-state index contributed by atoms with van der Waals surface area (Å²) in [5, 5.41) is 11.6. The van der Waals surface area contributed by atoms with Crippen LogP contribution in [0.25, 0.3) is 0 Å². The molecule has 0 aliphatic carbocycles. The van der Waals surface area contributed by atoms with Gasteiger partial charge < -0.3 is 10.4 Å². The van der Waals surface area contributed by atoms with E-state index in [0.29, 0.717) is 0 Å². The van der Waals surface area contributed by atoms with Crippen LogP contribution in [0.4, 0.5) is 9.39 Å².